The van der Waals surface area contributed by atoms with E-state index in [0.29, 0.717) is 35.0 Å². The van der Waals surface area contributed by atoms with Gasteiger partial charge in [-0.2, -0.15) is 4.99 Å². The number of hydrogen-bond donors (Lipinski definition) is 4. The van der Waals surface area contributed by atoms with Gasteiger partial charge < -0.3 is 15.6 Å². The fraction of sp³-hybridized carbons (Fsp3) is 0.100. The highest BCUT2D eigenvalue weighted by molar-refractivity contribution is 6.04. The number of aromatic nitrogens is 5. The number of fused-ring (bicyclic) bond motifs is 2. The molecule has 5 N–H and O–H groups in total. The number of amides is 1. The number of quaternary nitrogens is 1. The maximum atomic E-state index is 14.1. The molecule has 154 valence electrons. The Kier molecular flexibility index (Phi) is 4.77. The van der Waals surface area contributed by atoms with E-state index in [9.17, 15) is 9.18 Å². The molecule has 31 heavy (non-hydrogen) atoms. The molecule has 1 atom stereocenters. The van der Waals surface area contributed by atoms with Crippen LogP contribution in [-0.4, -0.2) is 49.2 Å². The SMILES string of the molecule is O=C1[NH2+]C([C@H](CNc2cccnc2)Nc2ncnc3nc[nH]c23)=Nc2cccc(F)c21. The summed E-state index contributed by atoms with van der Waals surface area (Å²) in [6.07, 6.45) is 6.30. The number of nitrogens with zero attached hydrogens (tertiary/aromatic N) is 5. The number of amidine groups is 1. The number of nitrogens with two attached hydrogens (primary N) is 1. The smallest absolute Gasteiger partial charge is 0.353 e. The summed E-state index contributed by atoms with van der Waals surface area (Å²) in [5.41, 5.74) is 2.21. The number of anilines is 2. The molecule has 1 aromatic carbocycles. The number of aliphatic imine (C=N–C) groups is 1. The number of aromatic amines is 1. The number of hydrogen-bond acceptors (Lipinski definition) is 8. The second-order valence-corrected chi connectivity index (χ2v) is 6.82. The molecular formula is C20H17FN9O+. The highest BCUT2D eigenvalue weighted by Crippen LogP contribution is 2.24. The molecule has 5 rings (SSSR count). The number of pyridine rings is 1. The van der Waals surface area contributed by atoms with Gasteiger partial charge in [-0.05, 0) is 24.3 Å². The lowest BCUT2D eigenvalue weighted by Gasteiger charge is -2.22. The molecule has 0 bridgehead atoms. The minimum absolute atomic E-state index is 0.0248. The molecule has 0 saturated carbocycles. The molecule has 1 amide bonds. The lowest BCUT2D eigenvalue weighted by atomic mass is 10.1. The first-order valence-corrected chi connectivity index (χ1v) is 9.50. The predicted octanol–water partition coefficient (Wildman–Crippen LogP) is 1.23. The van der Waals surface area contributed by atoms with E-state index >= 15 is 0 Å². The number of carbonyl (C=O) groups excluding carboxylic acids is 1. The second-order valence-electron chi connectivity index (χ2n) is 6.82. The van der Waals surface area contributed by atoms with E-state index in [1.54, 1.807) is 18.5 Å². The maximum Gasteiger partial charge on any atom is 0.353 e. The summed E-state index contributed by atoms with van der Waals surface area (Å²) < 4.78 is 14.1. The monoisotopic (exact) mass is 418 g/mol. The van der Waals surface area contributed by atoms with Crippen LogP contribution in [0.15, 0.2) is 60.4 Å². The minimum Gasteiger partial charge on any atom is -0.381 e. The summed E-state index contributed by atoms with van der Waals surface area (Å²) in [6, 6.07) is 7.62. The standard InChI is InChI=1S/C20H16FN9O/c21-12-4-1-5-13-15(12)20(31)30-17(28-13)14(8-23-11-3-2-6-22-7-11)29-19-16-18(25-9-24-16)26-10-27-19/h1-7,9-10,14,23H,8H2,(H,28,30,31)(H2,24,25,26,27,29)/p+1/t14-/m0/s1. The van der Waals surface area contributed by atoms with Crippen LogP contribution >= 0.6 is 0 Å². The molecule has 0 fully saturated rings. The third kappa shape index (κ3) is 3.69. The first-order chi connectivity index (χ1) is 15.2. The lowest BCUT2D eigenvalue weighted by molar-refractivity contribution is -0.434. The summed E-state index contributed by atoms with van der Waals surface area (Å²) in [6.45, 7) is 0.360. The molecule has 0 aliphatic carbocycles. The Morgan fingerprint density at radius 3 is 2.97 bits per heavy atom. The van der Waals surface area contributed by atoms with Gasteiger partial charge in [0.2, 0.25) is 5.84 Å². The number of nitrogens with one attached hydrogen (secondary N) is 3. The van der Waals surface area contributed by atoms with Crippen LogP contribution < -0.4 is 16.0 Å². The summed E-state index contributed by atoms with van der Waals surface area (Å²) >= 11 is 0. The van der Waals surface area contributed by atoms with Crippen LogP contribution in [0.1, 0.15) is 10.4 Å². The van der Waals surface area contributed by atoms with E-state index in [1.807, 2.05) is 12.1 Å². The number of H-pyrrole nitrogens is 1. The molecule has 4 aromatic rings. The molecule has 0 unspecified atom stereocenters. The topological polar surface area (TPSA) is 137 Å². The van der Waals surface area contributed by atoms with E-state index in [0.717, 1.165) is 5.69 Å². The molecule has 0 radical (unpaired) electrons. The Labute approximate surface area is 175 Å². The first kappa shape index (κ1) is 18.8. The number of primary amides is 1. The zero-order chi connectivity index (χ0) is 21.2. The zero-order valence-corrected chi connectivity index (χ0v) is 16.1. The van der Waals surface area contributed by atoms with Gasteiger partial charge in [0.05, 0.1) is 17.7 Å². The van der Waals surface area contributed by atoms with Gasteiger partial charge >= 0.3 is 5.91 Å². The second kappa shape index (κ2) is 7.88. The average molecular weight is 418 g/mol. The third-order valence-electron chi connectivity index (χ3n) is 4.83. The van der Waals surface area contributed by atoms with Gasteiger partial charge in [-0.15, -0.1) is 0 Å². The van der Waals surface area contributed by atoms with Crippen molar-refractivity contribution in [1.82, 2.24) is 24.9 Å². The molecule has 0 saturated heterocycles. The molecular weight excluding hydrogens is 401 g/mol. The Bertz CT molecular complexity index is 1290. The van der Waals surface area contributed by atoms with Crippen molar-refractivity contribution in [2.45, 2.75) is 6.04 Å². The van der Waals surface area contributed by atoms with Crippen LogP contribution in [-0.2, 0) is 0 Å². The van der Waals surface area contributed by atoms with Crippen molar-refractivity contribution in [3.8, 4) is 0 Å². The summed E-state index contributed by atoms with van der Waals surface area (Å²) in [5.74, 6) is -0.0602. The van der Waals surface area contributed by atoms with Crippen molar-refractivity contribution < 1.29 is 14.5 Å². The number of halogens is 1. The summed E-state index contributed by atoms with van der Waals surface area (Å²) in [4.78, 5) is 36.8. The Hall–Kier alpha value is -4.25. The molecule has 11 heteroatoms. The van der Waals surface area contributed by atoms with Crippen molar-refractivity contribution in [2.75, 3.05) is 17.2 Å². The maximum absolute atomic E-state index is 14.1. The summed E-state index contributed by atoms with van der Waals surface area (Å²) in [7, 11) is 0. The van der Waals surface area contributed by atoms with Crippen molar-refractivity contribution in [2.24, 2.45) is 4.99 Å². The van der Waals surface area contributed by atoms with Crippen LogP contribution in [0.2, 0.25) is 0 Å². The van der Waals surface area contributed by atoms with Crippen LogP contribution in [0.5, 0.6) is 0 Å². The van der Waals surface area contributed by atoms with Crippen LogP contribution in [0.3, 0.4) is 0 Å². The van der Waals surface area contributed by atoms with Crippen molar-refractivity contribution >= 4 is 40.1 Å². The molecule has 0 spiro atoms. The quantitative estimate of drug-likeness (QED) is 0.369. The van der Waals surface area contributed by atoms with Crippen LogP contribution in [0.4, 0.5) is 21.6 Å². The van der Waals surface area contributed by atoms with Gasteiger partial charge in [0.25, 0.3) is 0 Å². The lowest BCUT2D eigenvalue weighted by Crippen LogP contribution is -2.95. The highest BCUT2D eigenvalue weighted by Gasteiger charge is 2.32. The molecule has 3 aromatic heterocycles. The number of rotatable bonds is 6. The number of carbonyl (C=O) groups is 1. The fourth-order valence-corrected chi connectivity index (χ4v) is 3.36. The number of imidazole rings is 1. The predicted molar refractivity (Wildman–Crippen MR) is 112 cm³/mol. The van der Waals surface area contributed by atoms with E-state index in [1.165, 1.54) is 30.1 Å². The Balaban J connectivity index is 1.50. The molecule has 1 aliphatic rings. The largest absolute Gasteiger partial charge is 0.381 e. The highest BCUT2D eigenvalue weighted by atomic mass is 19.1. The first-order valence-electron chi connectivity index (χ1n) is 9.50. The van der Waals surface area contributed by atoms with Gasteiger partial charge in [0, 0.05) is 18.9 Å². The third-order valence-corrected chi connectivity index (χ3v) is 4.83. The molecule has 4 heterocycles. The van der Waals surface area contributed by atoms with E-state index in [-0.39, 0.29) is 5.56 Å². The van der Waals surface area contributed by atoms with Crippen molar-refractivity contribution in [3.05, 3.63) is 66.8 Å². The van der Waals surface area contributed by atoms with E-state index in [2.05, 4.69) is 40.5 Å². The van der Waals surface area contributed by atoms with Gasteiger partial charge in [-0.3, -0.25) is 4.98 Å². The Morgan fingerprint density at radius 2 is 2.10 bits per heavy atom. The fourth-order valence-electron chi connectivity index (χ4n) is 3.36. The van der Waals surface area contributed by atoms with E-state index < -0.39 is 17.8 Å². The van der Waals surface area contributed by atoms with Gasteiger partial charge in [0.15, 0.2) is 11.5 Å². The van der Waals surface area contributed by atoms with Crippen LogP contribution in [0.25, 0.3) is 11.2 Å². The number of benzene rings is 1. The van der Waals surface area contributed by atoms with Gasteiger partial charge in [-0.25, -0.2) is 29.5 Å². The van der Waals surface area contributed by atoms with Gasteiger partial charge in [0.1, 0.15) is 29.3 Å². The Morgan fingerprint density at radius 1 is 1.16 bits per heavy atom. The summed E-state index contributed by atoms with van der Waals surface area (Å²) in [5, 5.41) is 7.92. The average Bonchev–Trinajstić information content (AvgIpc) is 3.27. The van der Waals surface area contributed by atoms with Crippen LogP contribution in [0, 0.1) is 5.82 Å². The molecule has 1 aliphatic heterocycles. The van der Waals surface area contributed by atoms with Crippen molar-refractivity contribution in [3.63, 3.8) is 0 Å². The van der Waals surface area contributed by atoms with Crippen molar-refractivity contribution in [1.29, 1.82) is 0 Å². The zero-order valence-electron chi connectivity index (χ0n) is 16.1. The van der Waals surface area contributed by atoms with Gasteiger partial charge in [-0.1, -0.05) is 6.07 Å². The minimum atomic E-state index is -0.588. The van der Waals surface area contributed by atoms with E-state index in [4.69, 9.17) is 0 Å². The molecule has 10 nitrogen and oxygen atoms in total. The normalized spacial score (nSPS) is 14.1.